The van der Waals surface area contributed by atoms with Gasteiger partial charge in [-0.3, -0.25) is 0 Å². The number of hydrogen-bond donors (Lipinski definition) is 1. The van der Waals surface area contributed by atoms with E-state index >= 15 is 0 Å². The number of hydrogen-bond acceptors (Lipinski definition) is 2. The summed E-state index contributed by atoms with van der Waals surface area (Å²) in [4.78, 5) is 0. The van der Waals surface area contributed by atoms with Gasteiger partial charge in [-0.15, -0.1) is 0 Å². The van der Waals surface area contributed by atoms with Crippen LogP contribution in [0.3, 0.4) is 0 Å². The molecule has 1 aliphatic carbocycles. The average Bonchev–Trinajstić information content (AvgIpc) is 2.85. The molecule has 1 aromatic rings. The van der Waals surface area contributed by atoms with Gasteiger partial charge in [0.2, 0.25) is 0 Å². The monoisotopic (exact) mass is 275 g/mol. The minimum atomic E-state index is -0.839. The third-order valence-electron chi connectivity index (χ3n) is 3.84. The SMILES string of the molecule is COc1c(C2(CN)CCCC2)cc(F)c(Cl)c1F. The second-order valence-electron chi connectivity index (χ2n) is 4.76. The van der Waals surface area contributed by atoms with Crippen LogP contribution in [-0.4, -0.2) is 13.7 Å². The Morgan fingerprint density at radius 1 is 1.39 bits per heavy atom. The lowest BCUT2D eigenvalue weighted by atomic mass is 9.78. The fraction of sp³-hybridized carbons (Fsp3) is 0.538. The Kier molecular flexibility index (Phi) is 3.78. The van der Waals surface area contributed by atoms with E-state index in [9.17, 15) is 8.78 Å². The van der Waals surface area contributed by atoms with Crippen molar-refractivity contribution in [1.82, 2.24) is 0 Å². The summed E-state index contributed by atoms with van der Waals surface area (Å²) in [5.41, 5.74) is 5.94. The highest BCUT2D eigenvalue weighted by Gasteiger charge is 2.38. The Balaban J connectivity index is 2.62. The lowest BCUT2D eigenvalue weighted by Gasteiger charge is -2.30. The lowest BCUT2D eigenvalue weighted by Crippen LogP contribution is -2.33. The van der Waals surface area contributed by atoms with Gasteiger partial charge in [-0.05, 0) is 18.9 Å². The second kappa shape index (κ2) is 5.02. The van der Waals surface area contributed by atoms with Crippen molar-refractivity contribution < 1.29 is 13.5 Å². The average molecular weight is 276 g/mol. The highest BCUT2D eigenvalue weighted by atomic mass is 35.5. The van der Waals surface area contributed by atoms with E-state index in [1.807, 2.05) is 0 Å². The van der Waals surface area contributed by atoms with Crippen molar-refractivity contribution in [2.24, 2.45) is 5.73 Å². The maximum Gasteiger partial charge on any atom is 0.186 e. The molecule has 2 nitrogen and oxygen atoms in total. The minimum absolute atomic E-state index is 0.0220. The van der Waals surface area contributed by atoms with Crippen LogP contribution < -0.4 is 10.5 Å². The van der Waals surface area contributed by atoms with Gasteiger partial charge in [0.05, 0.1) is 7.11 Å². The third-order valence-corrected chi connectivity index (χ3v) is 4.19. The van der Waals surface area contributed by atoms with E-state index in [0.717, 1.165) is 25.7 Å². The molecule has 0 radical (unpaired) electrons. The van der Waals surface area contributed by atoms with E-state index < -0.39 is 22.1 Å². The van der Waals surface area contributed by atoms with Gasteiger partial charge in [-0.2, -0.15) is 0 Å². The molecule has 0 bridgehead atoms. The summed E-state index contributed by atoms with van der Waals surface area (Å²) in [5, 5.41) is -0.527. The molecule has 18 heavy (non-hydrogen) atoms. The van der Waals surface area contributed by atoms with Crippen LogP contribution in [0.1, 0.15) is 31.2 Å². The van der Waals surface area contributed by atoms with E-state index in [1.165, 1.54) is 13.2 Å². The predicted molar refractivity (Wildman–Crippen MR) is 67.1 cm³/mol. The highest BCUT2D eigenvalue weighted by Crippen LogP contribution is 2.46. The Bertz CT molecular complexity index is 459. The molecule has 0 aromatic heterocycles. The Morgan fingerprint density at radius 2 is 2.00 bits per heavy atom. The van der Waals surface area contributed by atoms with Crippen LogP contribution >= 0.6 is 11.6 Å². The molecule has 0 saturated heterocycles. The molecule has 2 rings (SSSR count). The topological polar surface area (TPSA) is 35.2 Å². The van der Waals surface area contributed by atoms with Crippen LogP contribution in [0.25, 0.3) is 0 Å². The number of ether oxygens (including phenoxy) is 1. The molecule has 0 spiro atoms. The van der Waals surface area contributed by atoms with Gasteiger partial charge in [0, 0.05) is 17.5 Å². The zero-order valence-corrected chi connectivity index (χ0v) is 11.0. The van der Waals surface area contributed by atoms with Crippen LogP contribution in [0.15, 0.2) is 6.07 Å². The molecule has 0 amide bonds. The first kappa shape index (κ1) is 13.6. The molecule has 2 N–H and O–H groups in total. The van der Waals surface area contributed by atoms with E-state index in [2.05, 4.69) is 0 Å². The van der Waals surface area contributed by atoms with Crippen molar-refractivity contribution in [3.05, 3.63) is 28.3 Å². The van der Waals surface area contributed by atoms with Gasteiger partial charge in [0.15, 0.2) is 11.6 Å². The van der Waals surface area contributed by atoms with Crippen LogP contribution in [0.5, 0.6) is 5.75 Å². The summed E-state index contributed by atoms with van der Waals surface area (Å²) in [5.74, 6) is -1.58. The second-order valence-corrected chi connectivity index (χ2v) is 5.14. The van der Waals surface area contributed by atoms with Gasteiger partial charge in [-0.25, -0.2) is 8.78 Å². The highest BCUT2D eigenvalue weighted by molar-refractivity contribution is 6.31. The van der Waals surface area contributed by atoms with Crippen LogP contribution in [0, 0.1) is 11.6 Å². The fourth-order valence-corrected chi connectivity index (χ4v) is 2.95. The normalized spacial score (nSPS) is 18.1. The summed E-state index contributed by atoms with van der Waals surface area (Å²) in [6, 6.07) is 1.27. The van der Waals surface area contributed by atoms with Crippen LogP contribution in [-0.2, 0) is 5.41 Å². The molecular formula is C13H16ClF2NO. The Labute approximate surface area is 110 Å². The summed E-state index contributed by atoms with van der Waals surface area (Å²) >= 11 is 5.57. The van der Waals surface area contributed by atoms with Crippen molar-refractivity contribution in [2.45, 2.75) is 31.1 Å². The largest absolute Gasteiger partial charge is 0.493 e. The lowest BCUT2D eigenvalue weighted by molar-refractivity contribution is 0.352. The third kappa shape index (κ3) is 1.97. The number of nitrogens with two attached hydrogens (primary N) is 1. The van der Waals surface area contributed by atoms with Crippen LogP contribution in [0.4, 0.5) is 8.78 Å². The molecule has 5 heteroatoms. The van der Waals surface area contributed by atoms with Gasteiger partial charge in [-0.1, -0.05) is 24.4 Å². The number of halogens is 3. The smallest absolute Gasteiger partial charge is 0.186 e. The maximum atomic E-state index is 13.9. The molecule has 0 unspecified atom stereocenters. The molecule has 1 saturated carbocycles. The quantitative estimate of drug-likeness (QED) is 0.858. The van der Waals surface area contributed by atoms with Crippen molar-refractivity contribution in [3.63, 3.8) is 0 Å². The van der Waals surface area contributed by atoms with Crippen molar-refractivity contribution in [1.29, 1.82) is 0 Å². The molecule has 0 heterocycles. The molecule has 1 aromatic carbocycles. The van der Waals surface area contributed by atoms with Gasteiger partial charge in [0.25, 0.3) is 0 Å². The number of benzene rings is 1. The first-order valence-corrected chi connectivity index (χ1v) is 6.35. The molecular weight excluding hydrogens is 260 g/mol. The fourth-order valence-electron chi connectivity index (χ4n) is 2.81. The minimum Gasteiger partial charge on any atom is -0.493 e. The first-order chi connectivity index (χ1) is 8.55. The van der Waals surface area contributed by atoms with Gasteiger partial charge < -0.3 is 10.5 Å². The van der Waals surface area contributed by atoms with Crippen LogP contribution in [0.2, 0.25) is 5.02 Å². The van der Waals surface area contributed by atoms with E-state index in [0.29, 0.717) is 12.1 Å². The Hall–Kier alpha value is -0.870. The number of methoxy groups -OCH3 is 1. The number of rotatable bonds is 3. The summed E-state index contributed by atoms with van der Waals surface area (Å²) in [6.07, 6.45) is 3.65. The molecule has 1 fully saturated rings. The van der Waals surface area contributed by atoms with Crippen molar-refractivity contribution >= 4 is 11.6 Å². The summed E-state index contributed by atoms with van der Waals surface area (Å²) < 4.78 is 32.7. The predicted octanol–water partition coefficient (Wildman–Crippen LogP) is 3.40. The van der Waals surface area contributed by atoms with Crippen molar-refractivity contribution in [3.8, 4) is 5.75 Å². The van der Waals surface area contributed by atoms with E-state index in [4.69, 9.17) is 22.1 Å². The van der Waals surface area contributed by atoms with Gasteiger partial charge in [0.1, 0.15) is 10.8 Å². The standard InChI is InChI=1S/C13H16ClF2NO/c1-18-12-8(6-9(15)10(14)11(12)16)13(7-17)4-2-3-5-13/h6H,2-5,7,17H2,1H3. The molecule has 0 aliphatic heterocycles. The summed E-state index contributed by atoms with van der Waals surface area (Å²) in [6.45, 7) is 0.351. The van der Waals surface area contributed by atoms with Gasteiger partial charge >= 0.3 is 0 Å². The summed E-state index contributed by atoms with van der Waals surface area (Å²) in [7, 11) is 1.36. The Morgan fingerprint density at radius 3 is 2.50 bits per heavy atom. The molecule has 1 aliphatic rings. The van der Waals surface area contributed by atoms with E-state index in [1.54, 1.807) is 0 Å². The molecule has 0 atom stereocenters. The zero-order chi connectivity index (χ0) is 13.3. The zero-order valence-electron chi connectivity index (χ0n) is 10.2. The molecule has 100 valence electrons. The van der Waals surface area contributed by atoms with E-state index in [-0.39, 0.29) is 5.75 Å². The maximum absolute atomic E-state index is 13.9. The first-order valence-electron chi connectivity index (χ1n) is 5.98. The van der Waals surface area contributed by atoms with Crippen molar-refractivity contribution in [2.75, 3.05) is 13.7 Å².